The van der Waals surface area contributed by atoms with Gasteiger partial charge in [-0.3, -0.25) is 9.78 Å². The first-order valence-electron chi connectivity index (χ1n) is 6.67. The molecule has 2 aromatic carbocycles. The Morgan fingerprint density at radius 2 is 1.91 bits per heavy atom. The molecule has 1 N–H and O–H groups in total. The van der Waals surface area contributed by atoms with E-state index in [0.717, 1.165) is 0 Å². The molecule has 0 aliphatic rings. The summed E-state index contributed by atoms with van der Waals surface area (Å²) in [5, 5.41) is 3.34. The molecule has 3 aromatic rings. The Labute approximate surface area is 126 Å². The number of hydrogen-bond donors (Lipinski definition) is 1. The third-order valence-corrected chi connectivity index (χ3v) is 3.30. The quantitative estimate of drug-likeness (QED) is 0.803. The number of rotatable bonds is 3. The number of carbonyl (C=O) groups excluding carboxylic acids is 1. The van der Waals surface area contributed by atoms with E-state index in [9.17, 15) is 9.18 Å². The lowest BCUT2D eigenvalue weighted by Gasteiger charge is -2.09. The SMILES string of the molecule is COc1ccc(C(=O)Nc2ccnc3ccc(F)cc23)cc1. The van der Waals surface area contributed by atoms with Gasteiger partial charge < -0.3 is 10.1 Å². The van der Waals surface area contributed by atoms with Crippen LogP contribution in [-0.2, 0) is 0 Å². The molecule has 4 nitrogen and oxygen atoms in total. The summed E-state index contributed by atoms with van der Waals surface area (Å²) < 4.78 is 18.5. The Morgan fingerprint density at radius 3 is 2.64 bits per heavy atom. The van der Waals surface area contributed by atoms with Crippen molar-refractivity contribution in [2.45, 2.75) is 0 Å². The van der Waals surface area contributed by atoms with Crippen molar-refractivity contribution < 1.29 is 13.9 Å². The van der Waals surface area contributed by atoms with Gasteiger partial charge in [-0.05, 0) is 48.5 Å². The number of hydrogen-bond acceptors (Lipinski definition) is 3. The lowest BCUT2D eigenvalue weighted by Crippen LogP contribution is -2.12. The van der Waals surface area contributed by atoms with E-state index in [1.165, 1.54) is 12.1 Å². The zero-order valence-electron chi connectivity index (χ0n) is 11.8. The number of nitrogens with one attached hydrogen (secondary N) is 1. The van der Waals surface area contributed by atoms with Gasteiger partial charge in [0.2, 0.25) is 0 Å². The van der Waals surface area contributed by atoms with Crippen molar-refractivity contribution in [1.82, 2.24) is 4.98 Å². The Hall–Kier alpha value is -2.95. The van der Waals surface area contributed by atoms with Crippen LogP contribution in [0.3, 0.4) is 0 Å². The average molecular weight is 296 g/mol. The van der Waals surface area contributed by atoms with E-state index in [0.29, 0.717) is 27.9 Å². The molecule has 0 aliphatic carbocycles. The fourth-order valence-electron chi connectivity index (χ4n) is 2.16. The Kier molecular flexibility index (Phi) is 3.70. The van der Waals surface area contributed by atoms with Gasteiger partial charge in [0.1, 0.15) is 11.6 Å². The van der Waals surface area contributed by atoms with Crippen LogP contribution in [0, 0.1) is 5.82 Å². The second-order valence-corrected chi connectivity index (χ2v) is 4.70. The molecule has 1 amide bonds. The summed E-state index contributed by atoms with van der Waals surface area (Å²) in [6.07, 6.45) is 1.57. The van der Waals surface area contributed by atoms with Crippen molar-refractivity contribution >= 4 is 22.5 Å². The highest BCUT2D eigenvalue weighted by Gasteiger charge is 2.09. The van der Waals surface area contributed by atoms with Crippen LogP contribution >= 0.6 is 0 Å². The van der Waals surface area contributed by atoms with Gasteiger partial charge in [-0.15, -0.1) is 0 Å². The minimum absolute atomic E-state index is 0.278. The largest absolute Gasteiger partial charge is 0.497 e. The van der Waals surface area contributed by atoms with Gasteiger partial charge in [0.05, 0.1) is 18.3 Å². The summed E-state index contributed by atoms with van der Waals surface area (Å²) in [6.45, 7) is 0. The summed E-state index contributed by atoms with van der Waals surface area (Å²) in [4.78, 5) is 16.4. The highest BCUT2D eigenvalue weighted by molar-refractivity contribution is 6.08. The Morgan fingerprint density at radius 1 is 1.14 bits per heavy atom. The first kappa shape index (κ1) is 14.0. The number of fused-ring (bicyclic) bond motifs is 1. The first-order valence-corrected chi connectivity index (χ1v) is 6.67. The molecule has 0 radical (unpaired) electrons. The van der Waals surface area contributed by atoms with Crippen molar-refractivity contribution in [2.75, 3.05) is 12.4 Å². The minimum Gasteiger partial charge on any atom is -0.497 e. The Bertz CT molecular complexity index is 832. The maximum absolute atomic E-state index is 13.4. The third kappa shape index (κ3) is 2.74. The standard InChI is InChI=1S/C17H13FN2O2/c1-22-13-5-2-11(3-6-13)17(21)20-16-8-9-19-15-7-4-12(18)10-14(15)16/h2-10H,1H3,(H,19,20,21). The third-order valence-electron chi connectivity index (χ3n) is 3.30. The fourth-order valence-corrected chi connectivity index (χ4v) is 2.16. The van der Waals surface area contributed by atoms with E-state index in [2.05, 4.69) is 10.3 Å². The fraction of sp³-hybridized carbons (Fsp3) is 0.0588. The van der Waals surface area contributed by atoms with Crippen LogP contribution < -0.4 is 10.1 Å². The zero-order valence-corrected chi connectivity index (χ0v) is 11.8. The molecule has 0 saturated heterocycles. The maximum Gasteiger partial charge on any atom is 0.255 e. The zero-order chi connectivity index (χ0) is 15.5. The first-order chi connectivity index (χ1) is 10.7. The van der Waals surface area contributed by atoms with Crippen molar-refractivity contribution in [1.29, 1.82) is 0 Å². The molecule has 1 aromatic heterocycles. The predicted octanol–water partition coefficient (Wildman–Crippen LogP) is 3.63. The number of nitrogens with zero attached hydrogens (tertiary/aromatic N) is 1. The van der Waals surface area contributed by atoms with E-state index in [-0.39, 0.29) is 11.7 Å². The molecule has 22 heavy (non-hydrogen) atoms. The van der Waals surface area contributed by atoms with Gasteiger partial charge in [-0.2, -0.15) is 0 Å². The van der Waals surface area contributed by atoms with E-state index < -0.39 is 0 Å². The molecule has 0 spiro atoms. The molecule has 0 unspecified atom stereocenters. The highest BCUT2D eigenvalue weighted by Crippen LogP contribution is 2.23. The molecule has 0 saturated carbocycles. The number of pyridine rings is 1. The number of methoxy groups -OCH3 is 1. The second-order valence-electron chi connectivity index (χ2n) is 4.70. The molecule has 5 heteroatoms. The molecule has 0 bridgehead atoms. The highest BCUT2D eigenvalue weighted by atomic mass is 19.1. The van der Waals surface area contributed by atoms with Gasteiger partial charge in [-0.25, -0.2) is 4.39 Å². The topological polar surface area (TPSA) is 51.2 Å². The molecular weight excluding hydrogens is 283 g/mol. The number of benzene rings is 2. The summed E-state index contributed by atoms with van der Waals surface area (Å²) in [5.41, 5.74) is 1.63. The molecule has 0 fully saturated rings. The van der Waals surface area contributed by atoms with Crippen LogP contribution in [0.4, 0.5) is 10.1 Å². The summed E-state index contributed by atoms with van der Waals surface area (Å²) in [6, 6.07) is 12.7. The predicted molar refractivity (Wildman–Crippen MR) is 82.6 cm³/mol. The van der Waals surface area contributed by atoms with Crippen molar-refractivity contribution in [3.05, 3.63) is 66.1 Å². The number of aromatic nitrogens is 1. The molecule has 0 aliphatic heterocycles. The lowest BCUT2D eigenvalue weighted by molar-refractivity contribution is 0.102. The van der Waals surface area contributed by atoms with E-state index in [1.54, 1.807) is 49.7 Å². The summed E-state index contributed by atoms with van der Waals surface area (Å²) >= 11 is 0. The van der Waals surface area contributed by atoms with Gasteiger partial charge in [0.25, 0.3) is 5.91 Å². The van der Waals surface area contributed by atoms with Crippen LogP contribution in [0.1, 0.15) is 10.4 Å². The number of carbonyl (C=O) groups is 1. The molecular formula is C17H13FN2O2. The van der Waals surface area contributed by atoms with Crippen LogP contribution in [0.25, 0.3) is 10.9 Å². The van der Waals surface area contributed by atoms with Gasteiger partial charge in [-0.1, -0.05) is 0 Å². The monoisotopic (exact) mass is 296 g/mol. The van der Waals surface area contributed by atoms with Gasteiger partial charge in [0.15, 0.2) is 0 Å². The number of anilines is 1. The van der Waals surface area contributed by atoms with Crippen molar-refractivity contribution in [3.63, 3.8) is 0 Å². The second kappa shape index (κ2) is 5.81. The minimum atomic E-state index is -0.375. The Balaban J connectivity index is 1.91. The molecule has 3 rings (SSSR count). The van der Waals surface area contributed by atoms with Crippen LogP contribution in [0.5, 0.6) is 5.75 Å². The van der Waals surface area contributed by atoms with E-state index >= 15 is 0 Å². The van der Waals surface area contributed by atoms with Crippen LogP contribution in [0.2, 0.25) is 0 Å². The number of amides is 1. The maximum atomic E-state index is 13.4. The van der Waals surface area contributed by atoms with Crippen LogP contribution in [-0.4, -0.2) is 18.0 Å². The number of ether oxygens (including phenoxy) is 1. The van der Waals surface area contributed by atoms with E-state index in [4.69, 9.17) is 4.74 Å². The van der Waals surface area contributed by atoms with Crippen molar-refractivity contribution in [2.24, 2.45) is 0 Å². The normalized spacial score (nSPS) is 10.5. The van der Waals surface area contributed by atoms with Gasteiger partial charge in [0, 0.05) is 17.1 Å². The molecule has 0 atom stereocenters. The molecule has 110 valence electrons. The number of halogens is 1. The van der Waals surface area contributed by atoms with Crippen molar-refractivity contribution in [3.8, 4) is 5.75 Å². The average Bonchev–Trinajstić information content (AvgIpc) is 2.55. The molecule has 1 heterocycles. The van der Waals surface area contributed by atoms with Crippen LogP contribution in [0.15, 0.2) is 54.7 Å². The van der Waals surface area contributed by atoms with Gasteiger partial charge >= 0.3 is 0 Å². The smallest absolute Gasteiger partial charge is 0.255 e. The van der Waals surface area contributed by atoms with E-state index in [1.807, 2.05) is 0 Å². The lowest BCUT2D eigenvalue weighted by atomic mass is 10.1. The summed E-state index contributed by atoms with van der Waals surface area (Å²) in [5.74, 6) is 0.0212. The summed E-state index contributed by atoms with van der Waals surface area (Å²) in [7, 11) is 1.56.